The van der Waals surface area contributed by atoms with Crippen LogP contribution in [0.5, 0.6) is 0 Å². The van der Waals surface area contributed by atoms with Crippen molar-refractivity contribution in [2.24, 2.45) is 0 Å². The minimum atomic E-state index is 0.0238. The van der Waals surface area contributed by atoms with E-state index in [9.17, 15) is 0 Å². The number of aromatic nitrogens is 5. The van der Waals surface area contributed by atoms with Crippen LogP contribution in [0.1, 0.15) is 30.1 Å². The fourth-order valence-electron chi connectivity index (χ4n) is 2.93. The van der Waals surface area contributed by atoms with Crippen LogP contribution in [0.3, 0.4) is 0 Å². The number of ether oxygens (including phenoxy) is 1. The second-order valence-electron chi connectivity index (χ2n) is 5.84. The van der Waals surface area contributed by atoms with E-state index >= 15 is 0 Å². The lowest BCUT2D eigenvalue weighted by Crippen LogP contribution is -2.34. The molecule has 1 aliphatic heterocycles. The molecule has 2 atom stereocenters. The van der Waals surface area contributed by atoms with Crippen LogP contribution in [0.15, 0.2) is 36.4 Å². The zero-order valence-electron chi connectivity index (χ0n) is 12.9. The highest BCUT2D eigenvalue weighted by molar-refractivity contribution is 5.43. The van der Waals surface area contributed by atoms with E-state index in [0.29, 0.717) is 5.65 Å². The third-order valence-electron chi connectivity index (χ3n) is 4.13. The molecule has 1 aromatic carbocycles. The molecule has 1 fully saturated rings. The predicted molar refractivity (Wildman–Crippen MR) is 85.1 cm³/mol. The highest BCUT2D eigenvalue weighted by Crippen LogP contribution is 2.30. The maximum absolute atomic E-state index is 6.02. The molecular formula is C16H18N6O. The first kappa shape index (κ1) is 14.1. The van der Waals surface area contributed by atoms with Gasteiger partial charge in [-0.2, -0.15) is 0 Å². The van der Waals surface area contributed by atoms with Gasteiger partial charge in [-0.1, -0.05) is 29.8 Å². The summed E-state index contributed by atoms with van der Waals surface area (Å²) in [6.45, 7) is 2.88. The lowest BCUT2D eigenvalue weighted by molar-refractivity contribution is 0.00553. The molecule has 0 amide bonds. The van der Waals surface area contributed by atoms with Gasteiger partial charge in [-0.3, -0.25) is 0 Å². The average Bonchev–Trinajstić information content (AvgIpc) is 3.04. The number of benzene rings is 1. The largest absolute Gasteiger partial charge is 0.371 e. The van der Waals surface area contributed by atoms with Gasteiger partial charge >= 0.3 is 0 Å². The van der Waals surface area contributed by atoms with E-state index in [2.05, 4.69) is 57.1 Å². The number of fused-ring (bicyclic) bond motifs is 1. The minimum Gasteiger partial charge on any atom is -0.371 e. The number of aryl methyl sites for hydroxylation is 1. The fraction of sp³-hybridized carbons (Fsp3) is 0.375. The van der Waals surface area contributed by atoms with Gasteiger partial charge in [-0.25, -0.2) is 0 Å². The molecule has 0 aliphatic carbocycles. The predicted octanol–water partition coefficient (Wildman–Crippen LogP) is 2.16. The maximum atomic E-state index is 6.02. The van der Waals surface area contributed by atoms with Crippen molar-refractivity contribution in [2.45, 2.75) is 31.9 Å². The average molecular weight is 310 g/mol. The van der Waals surface area contributed by atoms with E-state index in [0.717, 1.165) is 25.3 Å². The van der Waals surface area contributed by atoms with Crippen molar-refractivity contribution in [1.29, 1.82) is 0 Å². The Kier molecular flexibility index (Phi) is 3.63. The molecule has 1 aliphatic rings. The van der Waals surface area contributed by atoms with Crippen LogP contribution in [-0.4, -0.2) is 37.9 Å². The van der Waals surface area contributed by atoms with Gasteiger partial charge in [0.05, 0.1) is 6.04 Å². The van der Waals surface area contributed by atoms with Gasteiger partial charge < -0.3 is 10.1 Å². The quantitative estimate of drug-likeness (QED) is 0.799. The second kappa shape index (κ2) is 5.92. The smallest absolute Gasteiger partial charge is 0.200 e. The molecule has 1 N–H and O–H groups in total. The standard InChI is InChI=1S/C16H18N6O/c1-11-4-6-12(7-5-11)16-13(3-2-10-23-16)17-14-8-9-15-18-20-21-22(15)19-14/h4-9,13,16H,2-3,10H2,1H3,(H,17,19)/t13-,16+/m1/s1. The summed E-state index contributed by atoms with van der Waals surface area (Å²) in [5.41, 5.74) is 3.07. The van der Waals surface area contributed by atoms with Gasteiger partial charge in [-0.05, 0) is 47.9 Å². The topological polar surface area (TPSA) is 77.2 Å². The summed E-state index contributed by atoms with van der Waals surface area (Å²) in [4.78, 5) is 0. The number of nitrogens with zero attached hydrogens (tertiary/aromatic N) is 5. The first-order chi connectivity index (χ1) is 11.3. The van der Waals surface area contributed by atoms with Crippen LogP contribution in [0.25, 0.3) is 5.65 Å². The van der Waals surface area contributed by atoms with E-state index in [-0.39, 0.29) is 12.1 Å². The molecule has 23 heavy (non-hydrogen) atoms. The summed E-state index contributed by atoms with van der Waals surface area (Å²) in [7, 11) is 0. The number of anilines is 1. The zero-order chi connectivity index (χ0) is 15.6. The summed E-state index contributed by atoms with van der Waals surface area (Å²) in [6, 6.07) is 12.4. The zero-order valence-corrected chi connectivity index (χ0v) is 12.9. The summed E-state index contributed by atoms with van der Waals surface area (Å²) >= 11 is 0. The Hall–Kier alpha value is -2.54. The molecule has 0 bridgehead atoms. The van der Waals surface area contributed by atoms with E-state index in [1.807, 2.05) is 12.1 Å². The van der Waals surface area contributed by atoms with Crippen molar-refractivity contribution in [2.75, 3.05) is 11.9 Å². The Morgan fingerprint density at radius 1 is 1.17 bits per heavy atom. The summed E-state index contributed by atoms with van der Waals surface area (Å²) in [5, 5.41) is 19.2. The van der Waals surface area contributed by atoms with Crippen LogP contribution in [0.2, 0.25) is 0 Å². The molecule has 7 heteroatoms. The van der Waals surface area contributed by atoms with Gasteiger partial charge in [0.25, 0.3) is 0 Å². The van der Waals surface area contributed by atoms with Crippen LogP contribution in [0.4, 0.5) is 5.82 Å². The molecule has 0 saturated carbocycles. The van der Waals surface area contributed by atoms with Crippen LogP contribution < -0.4 is 5.32 Å². The monoisotopic (exact) mass is 310 g/mol. The molecule has 3 aromatic rings. The molecule has 0 spiro atoms. The third kappa shape index (κ3) is 2.87. The summed E-state index contributed by atoms with van der Waals surface area (Å²) < 4.78 is 7.45. The maximum Gasteiger partial charge on any atom is 0.200 e. The fourth-order valence-corrected chi connectivity index (χ4v) is 2.93. The minimum absolute atomic E-state index is 0.0238. The van der Waals surface area contributed by atoms with E-state index < -0.39 is 0 Å². The lowest BCUT2D eigenvalue weighted by atomic mass is 9.95. The number of hydrogen-bond donors (Lipinski definition) is 1. The molecule has 0 unspecified atom stereocenters. The first-order valence-electron chi connectivity index (χ1n) is 7.80. The molecule has 3 heterocycles. The van der Waals surface area contributed by atoms with Crippen molar-refractivity contribution < 1.29 is 4.74 Å². The summed E-state index contributed by atoms with van der Waals surface area (Å²) in [6.07, 6.45) is 2.09. The van der Waals surface area contributed by atoms with Crippen molar-refractivity contribution in [3.8, 4) is 0 Å². The Morgan fingerprint density at radius 2 is 2.04 bits per heavy atom. The molecule has 0 radical (unpaired) electrons. The van der Waals surface area contributed by atoms with E-state index in [1.54, 1.807) is 0 Å². The normalized spacial score (nSPS) is 21.4. The first-order valence-corrected chi connectivity index (χ1v) is 7.80. The Morgan fingerprint density at radius 3 is 2.91 bits per heavy atom. The number of nitrogens with one attached hydrogen (secondary N) is 1. The van der Waals surface area contributed by atoms with Crippen molar-refractivity contribution in [3.63, 3.8) is 0 Å². The third-order valence-corrected chi connectivity index (χ3v) is 4.13. The second-order valence-corrected chi connectivity index (χ2v) is 5.84. The van der Waals surface area contributed by atoms with Gasteiger partial charge in [0, 0.05) is 6.61 Å². The lowest BCUT2D eigenvalue weighted by Gasteiger charge is -2.33. The Balaban J connectivity index is 1.58. The highest BCUT2D eigenvalue weighted by Gasteiger charge is 2.27. The molecule has 118 valence electrons. The van der Waals surface area contributed by atoms with E-state index in [1.165, 1.54) is 15.8 Å². The van der Waals surface area contributed by atoms with Gasteiger partial charge in [0.2, 0.25) is 0 Å². The van der Waals surface area contributed by atoms with Crippen LogP contribution in [0, 0.1) is 6.92 Å². The van der Waals surface area contributed by atoms with Crippen molar-refractivity contribution in [3.05, 3.63) is 47.5 Å². The molecule has 7 nitrogen and oxygen atoms in total. The highest BCUT2D eigenvalue weighted by atomic mass is 16.5. The van der Waals surface area contributed by atoms with Crippen LogP contribution in [-0.2, 0) is 4.74 Å². The molecule has 2 aromatic heterocycles. The Bertz CT molecular complexity index is 800. The van der Waals surface area contributed by atoms with Gasteiger partial charge in [-0.15, -0.1) is 14.8 Å². The van der Waals surface area contributed by atoms with Crippen LogP contribution >= 0.6 is 0 Å². The van der Waals surface area contributed by atoms with Crippen molar-refractivity contribution >= 4 is 11.5 Å². The number of hydrogen-bond acceptors (Lipinski definition) is 6. The molecule has 4 rings (SSSR count). The Labute approximate surface area is 133 Å². The van der Waals surface area contributed by atoms with Gasteiger partial charge in [0.1, 0.15) is 11.9 Å². The SMILES string of the molecule is Cc1ccc([C@@H]2OCCC[C@H]2Nc2ccc3nnnn3n2)cc1. The molecular weight excluding hydrogens is 292 g/mol. The summed E-state index contributed by atoms with van der Waals surface area (Å²) in [5.74, 6) is 0.748. The van der Waals surface area contributed by atoms with Gasteiger partial charge in [0.15, 0.2) is 5.65 Å². The van der Waals surface area contributed by atoms with E-state index in [4.69, 9.17) is 4.74 Å². The molecule has 1 saturated heterocycles. The van der Waals surface area contributed by atoms with Crippen molar-refractivity contribution in [1.82, 2.24) is 25.3 Å². The number of tetrazole rings is 1. The number of rotatable bonds is 3.